The molecule has 42 heavy (non-hydrogen) atoms. The molecule has 0 bridgehead atoms. The maximum atomic E-state index is 12.1. The van der Waals surface area contributed by atoms with Crippen LogP contribution in [0.5, 0.6) is 0 Å². The molecule has 4 fully saturated rings. The Labute approximate surface area is 251 Å². The van der Waals surface area contributed by atoms with E-state index in [1.807, 2.05) is 13.8 Å². The molecule has 3 unspecified atom stereocenters. The third kappa shape index (κ3) is 4.13. The minimum Gasteiger partial charge on any atom is -0.465 e. The van der Waals surface area contributed by atoms with Crippen LogP contribution in [0.25, 0.3) is 0 Å². The van der Waals surface area contributed by atoms with Crippen LogP contribution in [-0.4, -0.2) is 70.0 Å². The summed E-state index contributed by atoms with van der Waals surface area (Å²) in [5, 5.41) is 46.3. The number of hydrogen-bond acceptors (Lipinski definition) is 8. The van der Waals surface area contributed by atoms with Crippen molar-refractivity contribution in [2.24, 2.45) is 50.2 Å². The zero-order chi connectivity index (χ0) is 31.3. The number of aliphatic hydroxyl groups is 4. The summed E-state index contributed by atoms with van der Waals surface area (Å²) in [6.07, 6.45) is 3.66. The number of carbonyl (C=O) groups excluding carboxylic acids is 2. The second-order valence-corrected chi connectivity index (χ2v) is 16.4. The van der Waals surface area contributed by atoms with Crippen LogP contribution in [-0.2, 0) is 19.1 Å². The van der Waals surface area contributed by atoms with Gasteiger partial charge in [0.1, 0.15) is 6.61 Å². The summed E-state index contributed by atoms with van der Waals surface area (Å²) < 4.78 is 11.1. The lowest BCUT2D eigenvalue weighted by Crippen LogP contribution is -2.72. The lowest BCUT2D eigenvalue weighted by Gasteiger charge is -2.72. The van der Waals surface area contributed by atoms with E-state index in [-0.39, 0.29) is 53.2 Å². The van der Waals surface area contributed by atoms with Gasteiger partial charge in [-0.15, -0.1) is 0 Å². The fraction of sp³-hybridized carbons (Fsp3) is 0.882. The third-order valence-corrected chi connectivity index (χ3v) is 14.0. The lowest BCUT2D eigenvalue weighted by molar-refractivity contribution is -0.261. The van der Waals surface area contributed by atoms with Gasteiger partial charge in [-0.3, -0.25) is 9.59 Å². The van der Waals surface area contributed by atoms with Gasteiger partial charge in [-0.25, -0.2) is 0 Å². The molecule has 8 heteroatoms. The Morgan fingerprint density at radius 3 is 2.05 bits per heavy atom. The number of hydrogen-bond donors (Lipinski definition) is 4. The molecule has 5 aliphatic rings. The van der Waals surface area contributed by atoms with Gasteiger partial charge in [-0.1, -0.05) is 53.2 Å². The molecule has 5 aliphatic carbocycles. The van der Waals surface area contributed by atoms with Crippen LogP contribution in [0.3, 0.4) is 0 Å². The zero-order valence-electron chi connectivity index (χ0n) is 26.9. The predicted octanol–water partition coefficient (Wildman–Crippen LogP) is 4.17. The highest BCUT2D eigenvalue weighted by atomic mass is 16.5. The van der Waals surface area contributed by atoms with Crippen molar-refractivity contribution < 1.29 is 39.5 Å². The molecule has 5 rings (SSSR count). The Bertz CT molecular complexity index is 1150. The maximum Gasteiger partial charge on any atom is 0.302 e. The molecule has 8 nitrogen and oxygen atoms in total. The molecular weight excluding hydrogens is 536 g/mol. The molecule has 0 heterocycles. The summed E-state index contributed by atoms with van der Waals surface area (Å²) in [6, 6.07) is 0. The Kier molecular flexibility index (Phi) is 7.61. The summed E-state index contributed by atoms with van der Waals surface area (Å²) in [5.41, 5.74) is -1.76. The first-order valence-corrected chi connectivity index (χ1v) is 16.0. The molecule has 0 amide bonds. The van der Waals surface area contributed by atoms with Gasteiger partial charge in [0.15, 0.2) is 0 Å². The minimum absolute atomic E-state index is 0.106. The van der Waals surface area contributed by atoms with Crippen LogP contribution in [0, 0.1) is 50.2 Å². The second kappa shape index (κ2) is 10.0. The first-order valence-electron chi connectivity index (χ1n) is 16.0. The Morgan fingerprint density at radius 2 is 1.43 bits per heavy atom. The molecule has 0 spiro atoms. The van der Waals surface area contributed by atoms with E-state index in [1.165, 1.54) is 19.4 Å². The molecule has 0 radical (unpaired) electrons. The molecule has 0 aromatic rings. The molecule has 4 saturated carbocycles. The average molecular weight is 591 g/mol. The van der Waals surface area contributed by atoms with Crippen molar-refractivity contribution in [3.63, 3.8) is 0 Å². The zero-order valence-corrected chi connectivity index (χ0v) is 26.9. The first-order chi connectivity index (χ1) is 19.3. The molecule has 0 aromatic heterocycles. The van der Waals surface area contributed by atoms with Crippen LogP contribution >= 0.6 is 0 Å². The first kappa shape index (κ1) is 31.9. The van der Waals surface area contributed by atoms with Gasteiger partial charge in [-0.05, 0) is 84.4 Å². The van der Waals surface area contributed by atoms with Gasteiger partial charge in [0.25, 0.3) is 0 Å². The van der Waals surface area contributed by atoms with Crippen molar-refractivity contribution in [1.29, 1.82) is 0 Å². The highest BCUT2D eigenvalue weighted by Crippen LogP contribution is 2.75. The van der Waals surface area contributed by atoms with E-state index in [0.717, 1.165) is 25.7 Å². The highest BCUT2D eigenvalue weighted by Gasteiger charge is 2.72. The number of carbonyl (C=O) groups is 2. The average Bonchev–Trinajstić information content (AvgIpc) is 2.88. The van der Waals surface area contributed by atoms with Crippen molar-refractivity contribution >= 4 is 11.9 Å². The van der Waals surface area contributed by atoms with Gasteiger partial charge in [-0.2, -0.15) is 0 Å². The number of rotatable bonds is 4. The third-order valence-electron chi connectivity index (χ3n) is 14.0. The molecule has 238 valence electrons. The summed E-state index contributed by atoms with van der Waals surface area (Å²) in [7, 11) is 0. The quantitative estimate of drug-likeness (QED) is 0.283. The number of aliphatic hydroxyl groups excluding tert-OH is 4. The maximum absolute atomic E-state index is 12.1. The van der Waals surface area contributed by atoms with Crippen LogP contribution < -0.4 is 0 Å². The van der Waals surface area contributed by atoms with Crippen LogP contribution in [0.2, 0.25) is 0 Å². The molecule has 0 aromatic carbocycles. The van der Waals surface area contributed by atoms with E-state index in [4.69, 9.17) is 9.47 Å². The van der Waals surface area contributed by atoms with E-state index in [1.54, 1.807) is 0 Å². The van der Waals surface area contributed by atoms with Crippen LogP contribution in [0.1, 0.15) is 100 Å². The number of ether oxygens (including phenoxy) is 2. The fourth-order valence-corrected chi connectivity index (χ4v) is 11.4. The molecule has 12 atom stereocenters. The highest BCUT2D eigenvalue weighted by molar-refractivity contribution is 5.66. The van der Waals surface area contributed by atoms with Crippen molar-refractivity contribution in [3.8, 4) is 0 Å². The standard InChI is InChI=1S/C34H54O8/c1-19(35)41-17-31(6)23-11-14-32(7)24(30(23,5)13-12-25(31)37)10-9-21-22-15-29(3,4)27(39)28(40)34(22,18-42-20(2)36)26(38)16-33(21,32)8/h9,22-28,37-40H,10-18H2,1-8H3/t22?,23?,24?,25-,26+,27-,28-,30-,31+,32+,33+,34-/m0/s1. The monoisotopic (exact) mass is 590 g/mol. The van der Waals surface area contributed by atoms with Gasteiger partial charge in [0.05, 0.1) is 36.4 Å². The van der Waals surface area contributed by atoms with Crippen LogP contribution in [0.4, 0.5) is 0 Å². The molecule has 0 saturated heterocycles. The smallest absolute Gasteiger partial charge is 0.302 e. The van der Waals surface area contributed by atoms with Crippen molar-refractivity contribution in [1.82, 2.24) is 0 Å². The van der Waals surface area contributed by atoms with Crippen molar-refractivity contribution in [2.75, 3.05) is 13.2 Å². The Balaban J connectivity index is 1.60. The molecule has 4 N–H and O–H groups in total. The van der Waals surface area contributed by atoms with Crippen LogP contribution in [0.15, 0.2) is 11.6 Å². The van der Waals surface area contributed by atoms with Gasteiger partial charge in [0.2, 0.25) is 0 Å². The Morgan fingerprint density at radius 1 is 0.810 bits per heavy atom. The van der Waals surface area contributed by atoms with Gasteiger partial charge < -0.3 is 29.9 Å². The largest absolute Gasteiger partial charge is 0.465 e. The van der Waals surface area contributed by atoms with E-state index >= 15 is 0 Å². The Hall–Kier alpha value is -1.48. The predicted molar refractivity (Wildman–Crippen MR) is 157 cm³/mol. The summed E-state index contributed by atoms with van der Waals surface area (Å²) >= 11 is 0. The van der Waals surface area contributed by atoms with E-state index in [0.29, 0.717) is 19.3 Å². The van der Waals surface area contributed by atoms with E-state index in [2.05, 4.69) is 33.8 Å². The van der Waals surface area contributed by atoms with E-state index in [9.17, 15) is 30.0 Å². The van der Waals surface area contributed by atoms with Crippen molar-refractivity contribution in [3.05, 3.63) is 11.6 Å². The fourth-order valence-electron chi connectivity index (χ4n) is 11.4. The van der Waals surface area contributed by atoms with E-state index < -0.39 is 46.6 Å². The summed E-state index contributed by atoms with van der Waals surface area (Å²) in [6.45, 7) is 15.9. The van der Waals surface area contributed by atoms with Gasteiger partial charge >= 0.3 is 11.9 Å². The lowest BCUT2D eigenvalue weighted by atomic mass is 9.33. The summed E-state index contributed by atoms with van der Waals surface area (Å²) in [5.74, 6) is -0.605. The topological polar surface area (TPSA) is 134 Å². The number of allylic oxidation sites excluding steroid dienone is 2. The number of fused-ring (bicyclic) bond motifs is 7. The normalized spacial score (nSPS) is 51.1. The van der Waals surface area contributed by atoms with Crippen molar-refractivity contribution in [2.45, 2.75) is 125 Å². The SMILES string of the molecule is CC(=O)OC[C@@]12C(CC(C)(C)[C@@H](O)[C@@H]1O)C1=CCC3[C@@]4(C)CC[C@H](O)[C@](C)(COC(C)=O)C4CC[C@@]3(C)[C@]1(C)C[C@H]2O. The molecule has 0 aliphatic heterocycles. The number of esters is 2. The second-order valence-electron chi connectivity index (χ2n) is 16.4. The minimum atomic E-state index is -1.24. The van der Waals surface area contributed by atoms with Gasteiger partial charge in [0, 0.05) is 19.3 Å². The molecular formula is C34H54O8. The summed E-state index contributed by atoms with van der Waals surface area (Å²) in [4.78, 5) is 23.8.